The number of carbonyl (C=O) groups excluding carboxylic acids is 2. The van der Waals surface area contributed by atoms with Gasteiger partial charge in [0.2, 0.25) is 11.8 Å². The maximum Gasteiger partial charge on any atom is 0.223 e. The summed E-state index contributed by atoms with van der Waals surface area (Å²) in [5.74, 6) is -0.00144. The van der Waals surface area contributed by atoms with Crippen LogP contribution in [0.2, 0.25) is 0 Å². The second-order valence-electron chi connectivity index (χ2n) is 5.66. The average molecular weight is 612 g/mol. The summed E-state index contributed by atoms with van der Waals surface area (Å²) >= 11 is 8.94. The first-order valence-electron chi connectivity index (χ1n) is 8.03. The van der Waals surface area contributed by atoms with Gasteiger partial charge in [0.15, 0.2) is 0 Å². The minimum absolute atomic E-state index is 0.0433. The summed E-state index contributed by atoms with van der Waals surface area (Å²) in [5, 5.41) is 2.71. The van der Waals surface area contributed by atoms with E-state index in [0.29, 0.717) is 0 Å². The van der Waals surface area contributed by atoms with E-state index < -0.39 is 0 Å². The zero-order valence-corrected chi connectivity index (χ0v) is 21.7. The zero-order chi connectivity index (χ0) is 21.1. The fraction of sp³-hybridized carbons (Fsp3) is 0.300. The summed E-state index contributed by atoms with van der Waals surface area (Å²) in [5.41, 5.74) is 4.00. The van der Waals surface area contributed by atoms with Crippen LogP contribution in [0.5, 0.6) is 0 Å². The number of carbonyl (C=O) groups is 2. The molecule has 4 nitrogen and oxygen atoms in total. The van der Waals surface area contributed by atoms with Crippen molar-refractivity contribution in [1.29, 1.82) is 0 Å². The SMILES string of the molecule is CC(=O)N(C)c1ccc(Br)c(C)c1.CC(=O)Nc1ccc(Br)c(C)c1.CI. The summed E-state index contributed by atoms with van der Waals surface area (Å²) in [6.07, 6.45) is 0. The molecule has 0 aliphatic heterocycles. The highest BCUT2D eigenvalue weighted by atomic mass is 127. The summed E-state index contributed by atoms with van der Waals surface area (Å²) in [6.45, 7) is 7.03. The predicted molar refractivity (Wildman–Crippen MR) is 131 cm³/mol. The van der Waals surface area contributed by atoms with E-state index in [1.54, 1.807) is 18.9 Å². The molecule has 2 amide bonds. The molecule has 0 saturated heterocycles. The Kier molecular flexibility index (Phi) is 12.8. The lowest BCUT2D eigenvalue weighted by molar-refractivity contribution is -0.116. The minimum Gasteiger partial charge on any atom is -0.326 e. The number of alkyl halides is 1. The smallest absolute Gasteiger partial charge is 0.223 e. The van der Waals surface area contributed by atoms with Gasteiger partial charge in [0, 0.05) is 41.2 Å². The lowest BCUT2D eigenvalue weighted by atomic mass is 10.2. The Morgan fingerprint density at radius 3 is 1.81 bits per heavy atom. The first-order chi connectivity index (χ1) is 12.6. The van der Waals surface area contributed by atoms with Crippen molar-refractivity contribution in [2.45, 2.75) is 27.7 Å². The number of anilines is 2. The molecule has 2 aromatic rings. The molecule has 2 rings (SSSR count). The third kappa shape index (κ3) is 9.71. The highest BCUT2D eigenvalue weighted by molar-refractivity contribution is 14.1. The van der Waals surface area contributed by atoms with Gasteiger partial charge in [-0.05, 0) is 66.3 Å². The van der Waals surface area contributed by atoms with Crippen LogP contribution in [-0.2, 0) is 9.59 Å². The van der Waals surface area contributed by atoms with E-state index in [2.05, 4.69) is 59.8 Å². The van der Waals surface area contributed by atoms with Crippen molar-refractivity contribution >= 4 is 77.6 Å². The number of aryl methyl sites for hydroxylation is 2. The standard InChI is InChI=1S/C10H12BrNO.C9H10BrNO.CH3I/c1-7-6-9(4-5-10(7)11)12(3)8(2)13;1-6-5-8(11-7(2)12)3-4-9(6)10;1-2/h4-6H,1-3H3;3-5H,1-2H3,(H,11,12);1H3. The van der Waals surface area contributed by atoms with Crippen LogP contribution < -0.4 is 10.2 Å². The Bertz CT molecular complexity index is 783. The van der Waals surface area contributed by atoms with Gasteiger partial charge in [0.1, 0.15) is 0 Å². The molecular formula is C20H25Br2IN2O2. The molecule has 148 valence electrons. The van der Waals surface area contributed by atoms with Gasteiger partial charge in [0.25, 0.3) is 0 Å². The lowest BCUT2D eigenvalue weighted by Crippen LogP contribution is -2.22. The Labute approximate surface area is 192 Å². The molecule has 0 aliphatic carbocycles. The molecule has 0 radical (unpaired) electrons. The van der Waals surface area contributed by atoms with E-state index >= 15 is 0 Å². The van der Waals surface area contributed by atoms with Gasteiger partial charge >= 0.3 is 0 Å². The fourth-order valence-corrected chi connectivity index (χ4v) is 2.44. The van der Waals surface area contributed by atoms with E-state index in [1.165, 1.54) is 6.92 Å². The van der Waals surface area contributed by atoms with Crippen LogP contribution in [0.1, 0.15) is 25.0 Å². The topological polar surface area (TPSA) is 49.4 Å². The van der Waals surface area contributed by atoms with Crippen LogP contribution in [0.25, 0.3) is 0 Å². The van der Waals surface area contributed by atoms with E-state index in [-0.39, 0.29) is 11.8 Å². The number of amides is 2. The van der Waals surface area contributed by atoms with Crippen molar-refractivity contribution in [3.05, 3.63) is 56.5 Å². The van der Waals surface area contributed by atoms with Gasteiger partial charge in [-0.2, -0.15) is 0 Å². The molecule has 0 spiro atoms. The summed E-state index contributed by atoms with van der Waals surface area (Å²) < 4.78 is 2.12. The minimum atomic E-state index is -0.0447. The highest BCUT2D eigenvalue weighted by Gasteiger charge is 2.05. The number of hydrogen-bond acceptors (Lipinski definition) is 2. The van der Waals surface area contributed by atoms with E-state index in [4.69, 9.17) is 0 Å². The second kappa shape index (κ2) is 13.3. The molecule has 0 bridgehead atoms. The number of nitrogens with one attached hydrogen (secondary N) is 1. The number of benzene rings is 2. The van der Waals surface area contributed by atoms with Crippen molar-refractivity contribution in [1.82, 2.24) is 0 Å². The van der Waals surface area contributed by atoms with Crippen molar-refractivity contribution in [3.63, 3.8) is 0 Å². The Hall–Kier alpha value is -0.930. The Morgan fingerprint density at radius 2 is 1.41 bits per heavy atom. The second-order valence-corrected chi connectivity index (χ2v) is 7.37. The Morgan fingerprint density at radius 1 is 0.926 bits per heavy atom. The Balaban J connectivity index is 0.000000460. The first kappa shape index (κ1) is 26.1. The van der Waals surface area contributed by atoms with Gasteiger partial charge in [0.05, 0.1) is 0 Å². The van der Waals surface area contributed by atoms with Gasteiger partial charge in [-0.1, -0.05) is 54.5 Å². The van der Waals surface area contributed by atoms with Crippen molar-refractivity contribution < 1.29 is 9.59 Å². The summed E-state index contributed by atoms with van der Waals surface area (Å²) in [6, 6.07) is 11.5. The lowest BCUT2D eigenvalue weighted by Gasteiger charge is -2.15. The third-order valence-corrected chi connectivity index (χ3v) is 5.26. The van der Waals surface area contributed by atoms with Crippen molar-refractivity contribution in [2.75, 3.05) is 22.2 Å². The highest BCUT2D eigenvalue weighted by Crippen LogP contribution is 2.22. The van der Waals surface area contributed by atoms with Gasteiger partial charge in [-0.15, -0.1) is 0 Å². The number of nitrogens with zero attached hydrogens (tertiary/aromatic N) is 1. The van der Waals surface area contributed by atoms with Crippen LogP contribution in [0.15, 0.2) is 45.3 Å². The molecule has 2 aromatic carbocycles. The number of rotatable bonds is 2. The van der Waals surface area contributed by atoms with Gasteiger partial charge < -0.3 is 10.2 Å². The molecular weight excluding hydrogens is 587 g/mol. The van der Waals surface area contributed by atoms with Crippen LogP contribution >= 0.6 is 54.5 Å². The van der Waals surface area contributed by atoms with Crippen molar-refractivity contribution in [3.8, 4) is 0 Å². The molecule has 0 heterocycles. The van der Waals surface area contributed by atoms with Crippen LogP contribution in [-0.4, -0.2) is 23.8 Å². The molecule has 0 aromatic heterocycles. The molecule has 0 atom stereocenters. The first-order valence-corrected chi connectivity index (χ1v) is 11.8. The number of halogens is 3. The van der Waals surface area contributed by atoms with E-state index in [1.807, 2.05) is 55.2 Å². The summed E-state index contributed by atoms with van der Waals surface area (Å²) in [4.78, 5) is 25.3. The molecule has 0 saturated carbocycles. The fourth-order valence-electron chi connectivity index (χ4n) is 1.95. The molecule has 0 unspecified atom stereocenters. The summed E-state index contributed by atoms with van der Waals surface area (Å²) in [7, 11) is 1.77. The van der Waals surface area contributed by atoms with E-state index in [9.17, 15) is 9.59 Å². The molecule has 0 fully saturated rings. The van der Waals surface area contributed by atoms with Gasteiger partial charge in [-0.3, -0.25) is 9.59 Å². The average Bonchev–Trinajstić information content (AvgIpc) is 2.61. The van der Waals surface area contributed by atoms with Crippen LogP contribution in [0.3, 0.4) is 0 Å². The predicted octanol–water partition coefficient (Wildman–Crippen LogP) is 6.51. The van der Waals surface area contributed by atoms with Gasteiger partial charge in [-0.25, -0.2) is 0 Å². The van der Waals surface area contributed by atoms with E-state index in [0.717, 1.165) is 31.4 Å². The molecule has 7 heteroatoms. The molecule has 27 heavy (non-hydrogen) atoms. The maximum absolute atomic E-state index is 11.1. The molecule has 0 aliphatic rings. The molecule has 1 N–H and O–H groups in total. The normalized spacial score (nSPS) is 9.22. The third-order valence-electron chi connectivity index (χ3n) is 3.48. The zero-order valence-electron chi connectivity index (χ0n) is 16.4. The number of hydrogen-bond donors (Lipinski definition) is 1. The maximum atomic E-state index is 11.1. The van der Waals surface area contributed by atoms with Crippen molar-refractivity contribution in [2.24, 2.45) is 0 Å². The quantitative estimate of drug-likeness (QED) is 0.311. The largest absolute Gasteiger partial charge is 0.326 e. The van der Waals surface area contributed by atoms with Crippen LogP contribution in [0, 0.1) is 13.8 Å². The van der Waals surface area contributed by atoms with Crippen LogP contribution in [0.4, 0.5) is 11.4 Å². The monoisotopic (exact) mass is 610 g/mol.